The lowest BCUT2D eigenvalue weighted by molar-refractivity contribution is 0.519. The Balaban J connectivity index is 1.99. The van der Waals surface area contributed by atoms with Crippen LogP contribution in [-0.4, -0.2) is 9.78 Å². The van der Waals surface area contributed by atoms with Gasteiger partial charge in [-0.3, -0.25) is 16.0 Å². The molecule has 3 aromatic rings. The summed E-state index contributed by atoms with van der Waals surface area (Å²) in [5.74, 6) is 5.77. The Hall–Kier alpha value is -1.63. The van der Waals surface area contributed by atoms with E-state index in [4.69, 9.17) is 10.3 Å². The second-order valence-corrected chi connectivity index (χ2v) is 5.87. The number of hydrogen-bond donors (Lipinski definition) is 2. The molecule has 1 aromatic carbocycles. The molecule has 0 amide bonds. The van der Waals surface area contributed by atoms with Crippen LogP contribution in [0.5, 0.6) is 0 Å². The van der Waals surface area contributed by atoms with Gasteiger partial charge in [0.25, 0.3) is 0 Å². The van der Waals surface area contributed by atoms with Crippen LogP contribution in [0.15, 0.2) is 39.4 Å². The molecule has 2 heterocycles. The van der Waals surface area contributed by atoms with Gasteiger partial charge in [-0.25, -0.2) is 0 Å². The van der Waals surface area contributed by atoms with Crippen LogP contribution in [-0.2, 0) is 13.5 Å². The third-order valence-electron chi connectivity index (χ3n) is 3.75. The monoisotopic (exact) mass is 348 g/mol. The van der Waals surface area contributed by atoms with Gasteiger partial charge in [0.15, 0.2) is 0 Å². The van der Waals surface area contributed by atoms with Crippen LogP contribution in [0.3, 0.4) is 0 Å². The number of nitrogens with zero attached hydrogens (tertiary/aromatic N) is 2. The second-order valence-electron chi connectivity index (χ2n) is 5.08. The maximum atomic E-state index is 5.77. The number of rotatable bonds is 4. The molecule has 0 aliphatic rings. The highest BCUT2D eigenvalue weighted by molar-refractivity contribution is 9.10. The van der Waals surface area contributed by atoms with E-state index in [1.54, 1.807) is 6.26 Å². The van der Waals surface area contributed by atoms with Gasteiger partial charge in [0.2, 0.25) is 0 Å². The van der Waals surface area contributed by atoms with E-state index in [-0.39, 0.29) is 6.04 Å². The molecule has 1 unspecified atom stereocenters. The lowest BCUT2D eigenvalue weighted by atomic mass is 10.0. The molecule has 3 rings (SSSR count). The molecule has 0 saturated heterocycles. The van der Waals surface area contributed by atoms with Gasteiger partial charge in [-0.05, 0) is 28.9 Å². The highest BCUT2D eigenvalue weighted by Gasteiger charge is 2.20. The normalized spacial score (nSPS) is 13.0. The number of hydrazine groups is 1. The number of aryl methyl sites for hydroxylation is 2. The van der Waals surface area contributed by atoms with Crippen molar-refractivity contribution >= 4 is 26.9 Å². The lowest BCUT2D eigenvalue weighted by Gasteiger charge is -2.15. The quantitative estimate of drug-likeness (QED) is 0.561. The van der Waals surface area contributed by atoms with Gasteiger partial charge in [0.05, 0.1) is 28.2 Å². The molecule has 1 atom stereocenters. The van der Waals surface area contributed by atoms with Crippen molar-refractivity contribution in [1.29, 1.82) is 0 Å². The minimum Gasteiger partial charge on any atom is -0.464 e. The zero-order valence-corrected chi connectivity index (χ0v) is 13.5. The fraction of sp³-hybridized carbons (Fsp3) is 0.267. The third-order valence-corrected chi connectivity index (χ3v) is 4.78. The van der Waals surface area contributed by atoms with Crippen molar-refractivity contribution in [3.05, 3.63) is 52.0 Å². The summed E-state index contributed by atoms with van der Waals surface area (Å²) in [7, 11) is 1.94. The molecule has 0 radical (unpaired) electrons. The molecular weight excluding hydrogens is 332 g/mol. The highest BCUT2D eigenvalue weighted by atomic mass is 79.9. The van der Waals surface area contributed by atoms with Crippen LogP contribution in [0.1, 0.15) is 23.0 Å². The molecule has 0 aliphatic heterocycles. The van der Waals surface area contributed by atoms with Crippen molar-refractivity contribution in [2.45, 2.75) is 19.4 Å². The van der Waals surface area contributed by atoms with Gasteiger partial charge in [-0.15, -0.1) is 0 Å². The number of aromatic nitrogens is 2. The van der Waals surface area contributed by atoms with E-state index in [1.165, 1.54) is 0 Å². The fourth-order valence-electron chi connectivity index (χ4n) is 2.62. The van der Waals surface area contributed by atoms with Crippen LogP contribution in [0.4, 0.5) is 0 Å². The second kappa shape index (κ2) is 5.63. The van der Waals surface area contributed by atoms with Gasteiger partial charge in [0, 0.05) is 24.4 Å². The van der Waals surface area contributed by atoms with E-state index in [2.05, 4.69) is 26.5 Å². The molecule has 2 aromatic heterocycles. The standard InChI is InChI=1S/C15H17BrN4O/c1-9-15(16)13(20(2)19-9)7-12(18-17)11-8-21-14-6-4-3-5-10(11)14/h3-6,8,12,18H,7,17H2,1-2H3. The van der Waals surface area contributed by atoms with Crippen molar-refractivity contribution in [3.8, 4) is 0 Å². The summed E-state index contributed by atoms with van der Waals surface area (Å²) in [5.41, 5.74) is 6.88. The van der Waals surface area contributed by atoms with Crippen LogP contribution in [0.25, 0.3) is 11.0 Å². The Kier molecular flexibility index (Phi) is 3.84. The summed E-state index contributed by atoms with van der Waals surface area (Å²) in [6, 6.07) is 7.92. The maximum absolute atomic E-state index is 5.77. The Morgan fingerprint density at radius 1 is 1.43 bits per heavy atom. The van der Waals surface area contributed by atoms with E-state index in [1.807, 2.05) is 42.9 Å². The molecule has 21 heavy (non-hydrogen) atoms. The molecule has 0 spiro atoms. The van der Waals surface area contributed by atoms with Crippen molar-refractivity contribution in [2.24, 2.45) is 12.9 Å². The van der Waals surface area contributed by atoms with Gasteiger partial charge >= 0.3 is 0 Å². The van der Waals surface area contributed by atoms with Gasteiger partial charge in [0.1, 0.15) is 5.58 Å². The molecule has 0 fully saturated rings. The first-order valence-corrected chi connectivity index (χ1v) is 7.51. The van der Waals surface area contributed by atoms with E-state index < -0.39 is 0 Å². The summed E-state index contributed by atoms with van der Waals surface area (Å²) in [6.45, 7) is 1.98. The molecule has 110 valence electrons. The molecule has 0 aliphatic carbocycles. The number of fused-ring (bicyclic) bond motifs is 1. The summed E-state index contributed by atoms with van der Waals surface area (Å²) in [6.07, 6.45) is 2.49. The minimum atomic E-state index is -0.0419. The zero-order valence-electron chi connectivity index (χ0n) is 11.9. The first-order chi connectivity index (χ1) is 10.1. The van der Waals surface area contributed by atoms with Crippen LogP contribution >= 0.6 is 15.9 Å². The van der Waals surface area contributed by atoms with Gasteiger partial charge in [-0.1, -0.05) is 18.2 Å². The molecular formula is C15H17BrN4O. The van der Waals surface area contributed by atoms with Crippen LogP contribution in [0, 0.1) is 6.92 Å². The number of para-hydroxylation sites is 1. The van der Waals surface area contributed by atoms with Gasteiger partial charge < -0.3 is 4.42 Å². The Morgan fingerprint density at radius 2 is 2.19 bits per heavy atom. The first-order valence-electron chi connectivity index (χ1n) is 6.72. The number of furan rings is 1. The average Bonchev–Trinajstić information content (AvgIpc) is 3.00. The molecule has 5 nitrogen and oxygen atoms in total. The predicted octanol–water partition coefficient (Wildman–Crippen LogP) is 2.98. The third kappa shape index (κ3) is 2.50. The number of nitrogens with one attached hydrogen (secondary N) is 1. The van der Waals surface area contributed by atoms with Crippen LogP contribution < -0.4 is 11.3 Å². The van der Waals surface area contributed by atoms with E-state index in [0.717, 1.165) is 38.8 Å². The Morgan fingerprint density at radius 3 is 2.86 bits per heavy atom. The zero-order chi connectivity index (χ0) is 15.0. The van der Waals surface area contributed by atoms with Crippen molar-refractivity contribution in [1.82, 2.24) is 15.2 Å². The average molecular weight is 349 g/mol. The smallest absolute Gasteiger partial charge is 0.134 e. The summed E-state index contributed by atoms with van der Waals surface area (Å²) in [4.78, 5) is 0. The number of hydrogen-bond acceptors (Lipinski definition) is 4. The maximum Gasteiger partial charge on any atom is 0.134 e. The first kappa shape index (κ1) is 14.3. The SMILES string of the molecule is Cc1nn(C)c(CC(NN)c2coc3ccccc23)c1Br. The summed E-state index contributed by atoms with van der Waals surface area (Å²) >= 11 is 3.60. The number of benzene rings is 1. The topological polar surface area (TPSA) is 69.0 Å². The Labute approximate surface area is 131 Å². The number of nitrogens with two attached hydrogens (primary N) is 1. The van der Waals surface area contributed by atoms with E-state index in [9.17, 15) is 0 Å². The highest BCUT2D eigenvalue weighted by Crippen LogP contribution is 2.30. The Bertz CT molecular complexity index is 777. The predicted molar refractivity (Wildman–Crippen MR) is 85.6 cm³/mol. The van der Waals surface area contributed by atoms with Crippen LogP contribution in [0.2, 0.25) is 0 Å². The van der Waals surface area contributed by atoms with Crippen molar-refractivity contribution in [2.75, 3.05) is 0 Å². The summed E-state index contributed by atoms with van der Waals surface area (Å²) in [5, 5.41) is 5.50. The summed E-state index contributed by atoms with van der Waals surface area (Å²) < 4.78 is 8.51. The van der Waals surface area contributed by atoms with E-state index in [0.29, 0.717) is 0 Å². The number of halogens is 1. The van der Waals surface area contributed by atoms with Gasteiger partial charge in [-0.2, -0.15) is 5.10 Å². The van der Waals surface area contributed by atoms with Crippen molar-refractivity contribution < 1.29 is 4.42 Å². The molecule has 3 N–H and O–H groups in total. The molecule has 0 saturated carbocycles. The largest absolute Gasteiger partial charge is 0.464 e. The van der Waals surface area contributed by atoms with Crippen molar-refractivity contribution in [3.63, 3.8) is 0 Å². The molecule has 6 heteroatoms. The minimum absolute atomic E-state index is 0.0419. The lowest BCUT2D eigenvalue weighted by Crippen LogP contribution is -2.30. The van der Waals surface area contributed by atoms with E-state index >= 15 is 0 Å². The fourth-order valence-corrected chi connectivity index (χ4v) is 3.12. The molecule has 0 bridgehead atoms.